The highest BCUT2D eigenvalue weighted by Crippen LogP contribution is 2.27. The monoisotopic (exact) mass is 369 g/mol. The fraction of sp³-hybridized carbons (Fsp3) is 0.250. The lowest BCUT2D eigenvalue weighted by Crippen LogP contribution is -2.46. The van der Waals surface area contributed by atoms with E-state index in [1.54, 1.807) is 0 Å². The molecule has 5 nitrogen and oxygen atoms in total. The molecular formula is C20H19NO4S. The quantitative estimate of drug-likeness (QED) is 0.751. The van der Waals surface area contributed by atoms with E-state index in [0.717, 1.165) is 23.1 Å². The molecule has 0 spiro atoms. The van der Waals surface area contributed by atoms with Gasteiger partial charge in [-0.1, -0.05) is 42.1 Å². The predicted octanol–water partition coefficient (Wildman–Crippen LogP) is 3.78. The Hall–Kier alpha value is -2.60. The zero-order chi connectivity index (χ0) is 18.5. The molecule has 1 aliphatic rings. The molecule has 3 rings (SSSR count). The molecule has 0 radical (unpaired) electrons. The van der Waals surface area contributed by atoms with E-state index in [2.05, 4.69) is 0 Å². The van der Waals surface area contributed by atoms with Gasteiger partial charge in [0.05, 0.1) is 11.8 Å². The van der Waals surface area contributed by atoms with Gasteiger partial charge in [-0.25, -0.2) is 0 Å². The van der Waals surface area contributed by atoms with Crippen molar-refractivity contribution >= 4 is 28.7 Å². The molecule has 2 aromatic rings. The van der Waals surface area contributed by atoms with Crippen molar-refractivity contribution in [3.8, 4) is 11.5 Å². The molecule has 26 heavy (non-hydrogen) atoms. The highest BCUT2D eigenvalue weighted by Gasteiger charge is 2.35. The Morgan fingerprint density at radius 1 is 1.08 bits per heavy atom. The highest BCUT2D eigenvalue weighted by molar-refractivity contribution is 8.14. The van der Waals surface area contributed by atoms with Gasteiger partial charge in [0, 0.05) is 13.3 Å². The van der Waals surface area contributed by atoms with Crippen LogP contribution in [0.4, 0.5) is 0 Å². The van der Waals surface area contributed by atoms with Crippen molar-refractivity contribution in [2.45, 2.75) is 31.6 Å². The minimum Gasteiger partial charge on any atom is -0.457 e. The van der Waals surface area contributed by atoms with Crippen LogP contribution >= 0.6 is 11.8 Å². The van der Waals surface area contributed by atoms with Gasteiger partial charge in [0.1, 0.15) is 11.5 Å². The van der Waals surface area contributed by atoms with Gasteiger partial charge in [-0.2, -0.15) is 0 Å². The van der Waals surface area contributed by atoms with Gasteiger partial charge in [0.25, 0.3) is 0 Å². The topological polar surface area (TPSA) is 63.7 Å². The molecule has 1 heterocycles. The molecule has 134 valence electrons. The summed E-state index contributed by atoms with van der Waals surface area (Å²) in [6.07, 6.45) is 0.703. The van der Waals surface area contributed by atoms with Crippen LogP contribution < -0.4 is 4.74 Å². The molecule has 1 atom stereocenters. The van der Waals surface area contributed by atoms with Gasteiger partial charge in [-0.05, 0) is 36.2 Å². The number of likely N-dealkylation sites (tertiary alicyclic amines) is 1. The second-order valence-corrected chi connectivity index (χ2v) is 7.39. The Kier molecular flexibility index (Phi) is 5.73. The summed E-state index contributed by atoms with van der Waals surface area (Å²) in [7, 11) is 0. The Bertz CT molecular complexity index is 804. The van der Waals surface area contributed by atoms with E-state index in [9.17, 15) is 14.4 Å². The fourth-order valence-electron chi connectivity index (χ4n) is 2.76. The maximum atomic E-state index is 12.5. The van der Waals surface area contributed by atoms with Crippen LogP contribution in [-0.2, 0) is 20.9 Å². The predicted molar refractivity (Wildman–Crippen MR) is 99.8 cm³/mol. The van der Waals surface area contributed by atoms with Gasteiger partial charge in [0.15, 0.2) is 5.12 Å². The van der Waals surface area contributed by atoms with Crippen molar-refractivity contribution in [2.75, 3.05) is 0 Å². The molecule has 0 saturated carbocycles. The number of rotatable bonds is 5. The Labute approximate surface area is 156 Å². The highest BCUT2D eigenvalue weighted by atomic mass is 32.2. The molecule has 1 aliphatic heterocycles. The summed E-state index contributed by atoms with van der Waals surface area (Å²) in [6, 6.07) is 16.7. The standard InChI is InChI=1S/C20H19NO4S/c1-14(22)26-18-11-12-19(23)21(20(18)24)13-15-7-9-17(10-8-15)25-16-5-3-2-4-6-16/h2-10,18H,11-13H2,1H3. The Morgan fingerprint density at radius 2 is 1.73 bits per heavy atom. The zero-order valence-electron chi connectivity index (χ0n) is 14.4. The van der Waals surface area contributed by atoms with E-state index in [4.69, 9.17) is 4.74 Å². The smallest absolute Gasteiger partial charge is 0.243 e. The number of thioether (sulfide) groups is 1. The van der Waals surface area contributed by atoms with E-state index in [0.29, 0.717) is 12.2 Å². The first kappa shape index (κ1) is 18.2. The number of imide groups is 1. The van der Waals surface area contributed by atoms with Gasteiger partial charge >= 0.3 is 0 Å². The van der Waals surface area contributed by atoms with Crippen LogP contribution in [0.3, 0.4) is 0 Å². The van der Waals surface area contributed by atoms with Crippen LogP contribution in [0.15, 0.2) is 54.6 Å². The third kappa shape index (κ3) is 4.52. The number of piperidine rings is 1. The first-order valence-electron chi connectivity index (χ1n) is 8.36. The summed E-state index contributed by atoms with van der Waals surface area (Å²) in [5, 5.41) is -0.578. The molecule has 1 fully saturated rings. The summed E-state index contributed by atoms with van der Waals surface area (Å²) < 4.78 is 5.74. The number of nitrogens with zero attached hydrogens (tertiary/aromatic N) is 1. The lowest BCUT2D eigenvalue weighted by atomic mass is 10.1. The normalized spacial score (nSPS) is 17.3. The van der Waals surface area contributed by atoms with Crippen molar-refractivity contribution in [1.82, 2.24) is 4.90 Å². The van der Waals surface area contributed by atoms with Crippen molar-refractivity contribution in [3.63, 3.8) is 0 Å². The lowest BCUT2D eigenvalue weighted by molar-refractivity contribution is -0.148. The number of carbonyl (C=O) groups is 3. The van der Waals surface area contributed by atoms with E-state index < -0.39 is 5.25 Å². The number of ether oxygens (including phenoxy) is 1. The summed E-state index contributed by atoms with van der Waals surface area (Å²) >= 11 is 1.00. The number of benzene rings is 2. The molecular weight excluding hydrogens is 350 g/mol. The molecule has 0 N–H and O–H groups in total. The van der Waals surface area contributed by atoms with Crippen LogP contribution in [0, 0.1) is 0 Å². The molecule has 0 aromatic heterocycles. The first-order valence-corrected chi connectivity index (χ1v) is 9.24. The number of hydrogen-bond acceptors (Lipinski definition) is 5. The molecule has 0 bridgehead atoms. The van der Waals surface area contributed by atoms with Crippen LogP contribution in [0.2, 0.25) is 0 Å². The second kappa shape index (κ2) is 8.19. The molecule has 2 aromatic carbocycles. The Balaban J connectivity index is 1.66. The minimum absolute atomic E-state index is 0.111. The molecule has 2 amide bonds. The SMILES string of the molecule is CC(=O)SC1CCC(=O)N(Cc2ccc(Oc3ccccc3)cc2)C1=O. The van der Waals surface area contributed by atoms with Crippen LogP contribution in [0.5, 0.6) is 11.5 Å². The molecule has 1 saturated heterocycles. The van der Waals surface area contributed by atoms with E-state index in [1.165, 1.54) is 11.8 Å². The minimum atomic E-state index is -0.467. The third-order valence-electron chi connectivity index (χ3n) is 4.01. The van der Waals surface area contributed by atoms with Gasteiger partial charge < -0.3 is 4.74 Å². The van der Waals surface area contributed by atoms with Crippen LogP contribution in [-0.4, -0.2) is 27.1 Å². The van der Waals surface area contributed by atoms with Gasteiger partial charge in [0.2, 0.25) is 11.8 Å². The third-order valence-corrected chi connectivity index (χ3v) is 5.07. The van der Waals surface area contributed by atoms with Crippen LogP contribution in [0.1, 0.15) is 25.3 Å². The molecule has 1 unspecified atom stereocenters. The molecule has 0 aliphatic carbocycles. The first-order chi connectivity index (χ1) is 12.5. The fourth-order valence-corrected chi connectivity index (χ4v) is 3.62. The number of hydrogen-bond donors (Lipinski definition) is 0. The van der Waals surface area contributed by atoms with Crippen molar-refractivity contribution in [3.05, 3.63) is 60.2 Å². The number of carbonyl (C=O) groups excluding carboxylic acids is 3. The summed E-state index contributed by atoms with van der Waals surface area (Å²) in [4.78, 5) is 37.2. The summed E-state index contributed by atoms with van der Waals surface area (Å²) in [5.74, 6) is 0.943. The largest absolute Gasteiger partial charge is 0.457 e. The average Bonchev–Trinajstić information content (AvgIpc) is 2.63. The van der Waals surface area contributed by atoms with E-state index in [-0.39, 0.29) is 29.9 Å². The second-order valence-electron chi connectivity index (χ2n) is 6.01. The van der Waals surface area contributed by atoms with Crippen LogP contribution in [0.25, 0.3) is 0 Å². The van der Waals surface area contributed by atoms with Gasteiger partial charge in [-0.3, -0.25) is 19.3 Å². The van der Waals surface area contributed by atoms with Crippen molar-refractivity contribution in [1.29, 1.82) is 0 Å². The van der Waals surface area contributed by atoms with Gasteiger partial charge in [-0.15, -0.1) is 0 Å². The summed E-state index contributed by atoms with van der Waals surface area (Å²) in [5.41, 5.74) is 0.834. The zero-order valence-corrected chi connectivity index (χ0v) is 15.2. The maximum Gasteiger partial charge on any atom is 0.243 e. The number of amides is 2. The lowest BCUT2D eigenvalue weighted by Gasteiger charge is -2.29. The van der Waals surface area contributed by atoms with Crippen molar-refractivity contribution < 1.29 is 19.1 Å². The van der Waals surface area contributed by atoms with Crippen molar-refractivity contribution in [2.24, 2.45) is 0 Å². The van der Waals surface area contributed by atoms with E-state index >= 15 is 0 Å². The maximum absolute atomic E-state index is 12.5. The average molecular weight is 369 g/mol. The molecule has 6 heteroatoms. The number of para-hydroxylation sites is 1. The summed E-state index contributed by atoms with van der Waals surface area (Å²) in [6.45, 7) is 1.64. The van der Waals surface area contributed by atoms with E-state index in [1.807, 2.05) is 54.6 Å². The Morgan fingerprint density at radius 3 is 2.38 bits per heavy atom.